The number of alkyl halides is 3. The lowest BCUT2D eigenvalue weighted by Crippen LogP contribution is -2.41. The number of ether oxygens (including phenoxy) is 1. The second kappa shape index (κ2) is 5.41. The van der Waals surface area contributed by atoms with E-state index < -0.39 is 18.8 Å². The van der Waals surface area contributed by atoms with E-state index in [1.165, 1.54) is 0 Å². The Labute approximate surface area is 111 Å². The molecule has 0 bridgehead atoms. The van der Waals surface area contributed by atoms with E-state index in [-0.39, 0.29) is 11.2 Å². The first-order valence-corrected chi connectivity index (χ1v) is 6.10. The molecule has 108 valence electrons. The van der Waals surface area contributed by atoms with Crippen LogP contribution in [0.2, 0.25) is 0 Å². The average Bonchev–Trinajstić information content (AvgIpc) is 2.24. The summed E-state index contributed by atoms with van der Waals surface area (Å²) >= 11 is 0. The molecule has 0 aromatic heterocycles. The molecular weight excluding hydrogens is 255 g/mol. The fourth-order valence-electron chi connectivity index (χ4n) is 1.73. The van der Waals surface area contributed by atoms with Gasteiger partial charge in [0.25, 0.3) is 0 Å². The number of aryl methyl sites for hydroxylation is 1. The summed E-state index contributed by atoms with van der Waals surface area (Å²) in [4.78, 5) is 0. The highest BCUT2D eigenvalue weighted by atomic mass is 19.4. The van der Waals surface area contributed by atoms with E-state index in [4.69, 9.17) is 10.5 Å². The van der Waals surface area contributed by atoms with Gasteiger partial charge in [0, 0.05) is 6.54 Å². The maximum atomic E-state index is 12.7. The van der Waals surface area contributed by atoms with E-state index in [0.29, 0.717) is 0 Å². The molecule has 2 N–H and O–H groups in total. The van der Waals surface area contributed by atoms with E-state index in [1.54, 1.807) is 12.1 Å². The zero-order valence-corrected chi connectivity index (χ0v) is 11.6. The smallest absolute Gasteiger partial charge is 0.426 e. The van der Waals surface area contributed by atoms with Crippen molar-refractivity contribution in [3.05, 3.63) is 29.3 Å². The monoisotopic (exact) mass is 275 g/mol. The Kier molecular flexibility index (Phi) is 4.50. The van der Waals surface area contributed by atoms with E-state index in [1.807, 2.05) is 33.8 Å². The first-order chi connectivity index (χ1) is 8.55. The summed E-state index contributed by atoms with van der Waals surface area (Å²) < 4.78 is 43.2. The van der Waals surface area contributed by atoms with Crippen molar-refractivity contribution in [1.82, 2.24) is 0 Å². The van der Waals surface area contributed by atoms with Gasteiger partial charge in [-0.3, -0.25) is 0 Å². The zero-order chi connectivity index (χ0) is 14.8. The zero-order valence-electron chi connectivity index (χ0n) is 11.6. The number of nitrogens with two attached hydrogens (primary N) is 1. The molecule has 0 heterocycles. The summed E-state index contributed by atoms with van der Waals surface area (Å²) in [6.07, 6.45) is -6.44. The lowest BCUT2D eigenvalue weighted by atomic mass is 9.85. The molecule has 19 heavy (non-hydrogen) atoms. The molecule has 1 rings (SSSR count). The number of rotatable bonds is 3. The van der Waals surface area contributed by atoms with E-state index in [0.717, 1.165) is 11.1 Å². The highest BCUT2D eigenvalue weighted by Crippen LogP contribution is 2.34. The highest BCUT2D eigenvalue weighted by molar-refractivity contribution is 5.41. The van der Waals surface area contributed by atoms with Crippen LogP contribution in [-0.2, 0) is 5.41 Å². The average molecular weight is 275 g/mol. The number of halogens is 3. The third-order valence-electron chi connectivity index (χ3n) is 2.79. The minimum atomic E-state index is -4.46. The number of hydrogen-bond acceptors (Lipinski definition) is 2. The third kappa shape index (κ3) is 4.13. The summed E-state index contributed by atoms with van der Waals surface area (Å²) in [6, 6.07) is 5.15. The van der Waals surface area contributed by atoms with Gasteiger partial charge in [-0.1, -0.05) is 38.5 Å². The van der Waals surface area contributed by atoms with Crippen LogP contribution in [0, 0.1) is 6.92 Å². The molecule has 0 fully saturated rings. The fraction of sp³-hybridized carbons (Fsp3) is 0.571. The van der Waals surface area contributed by atoms with Crippen molar-refractivity contribution in [2.24, 2.45) is 5.73 Å². The van der Waals surface area contributed by atoms with Crippen molar-refractivity contribution in [3.8, 4) is 5.75 Å². The molecule has 1 unspecified atom stereocenters. The summed E-state index contributed by atoms with van der Waals surface area (Å²) in [5.74, 6) is 0.242. The summed E-state index contributed by atoms with van der Waals surface area (Å²) in [5, 5.41) is 0. The molecule has 0 amide bonds. The van der Waals surface area contributed by atoms with Crippen LogP contribution in [0.15, 0.2) is 18.2 Å². The normalized spacial score (nSPS) is 14.3. The SMILES string of the molecule is Cc1ccc(OC(CN)C(F)(F)F)c(C(C)(C)C)c1. The Hall–Kier alpha value is -1.23. The lowest BCUT2D eigenvalue weighted by molar-refractivity contribution is -0.191. The van der Waals surface area contributed by atoms with Gasteiger partial charge < -0.3 is 10.5 Å². The lowest BCUT2D eigenvalue weighted by Gasteiger charge is -2.27. The maximum absolute atomic E-state index is 12.7. The highest BCUT2D eigenvalue weighted by Gasteiger charge is 2.41. The van der Waals surface area contributed by atoms with Crippen molar-refractivity contribution >= 4 is 0 Å². The maximum Gasteiger partial charge on any atom is 0.426 e. The fourth-order valence-corrected chi connectivity index (χ4v) is 1.73. The Morgan fingerprint density at radius 2 is 1.79 bits per heavy atom. The molecule has 5 heteroatoms. The van der Waals surface area contributed by atoms with Gasteiger partial charge in [-0.25, -0.2) is 0 Å². The molecule has 0 aliphatic rings. The van der Waals surface area contributed by atoms with Crippen molar-refractivity contribution < 1.29 is 17.9 Å². The van der Waals surface area contributed by atoms with Crippen molar-refractivity contribution in [3.63, 3.8) is 0 Å². The second-order valence-electron chi connectivity index (χ2n) is 5.63. The largest absolute Gasteiger partial charge is 0.479 e. The van der Waals surface area contributed by atoms with Crippen LogP contribution in [-0.4, -0.2) is 18.8 Å². The van der Waals surface area contributed by atoms with Crippen LogP contribution in [0.5, 0.6) is 5.75 Å². The van der Waals surface area contributed by atoms with Gasteiger partial charge in [0.15, 0.2) is 0 Å². The number of benzene rings is 1. The van der Waals surface area contributed by atoms with Crippen LogP contribution in [0.1, 0.15) is 31.9 Å². The molecule has 1 aromatic carbocycles. The molecule has 0 spiro atoms. The van der Waals surface area contributed by atoms with Crippen molar-refractivity contribution in [2.45, 2.75) is 45.4 Å². The minimum absolute atomic E-state index is 0.242. The van der Waals surface area contributed by atoms with E-state index >= 15 is 0 Å². The molecule has 0 radical (unpaired) electrons. The topological polar surface area (TPSA) is 35.2 Å². The Morgan fingerprint density at radius 3 is 2.21 bits per heavy atom. The third-order valence-corrected chi connectivity index (χ3v) is 2.79. The predicted octanol–water partition coefficient (Wildman–Crippen LogP) is 3.56. The van der Waals surface area contributed by atoms with Crippen LogP contribution in [0.4, 0.5) is 13.2 Å². The summed E-state index contributed by atoms with van der Waals surface area (Å²) in [7, 11) is 0. The Morgan fingerprint density at radius 1 is 1.21 bits per heavy atom. The summed E-state index contributed by atoms with van der Waals surface area (Å²) in [5.41, 5.74) is 6.58. The van der Waals surface area contributed by atoms with Crippen LogP contribution < -0.4 is 10.5 Å². The quantitative estimate of drug-likeness (QED) is 0.915. The summed E-state index contributed by atoms with van der Waals surface area (Å²) in [6.45, 7) is 7.09. The molecule has 0 saturated carbocycles. The van der Waals surface area contributed by atoms with Crippen molar-refractivity contribution in [2.75, 3.05) is 6.54 Å². The molecule has 0 saturated heterocycles. The molecule has 1 atom stereocenters. The van der Waals surface area contributed by atoms with Gasteiger partial charge >= 0.3 is 6.18 Å². The van der Waals surface area contributed by atoms with Gasteiger partial charge in [-0.15, -0.1) is 0 Å². The molecule has 1 aromatic rings. The standard InChI is InChI=1S/C14H20F3NO/c1-9-5-6-11(10(7-9)13(2,3)4)19-12(8-18)14(15,16)17/h5-7,12H,8,18H2,1-4H3. The molecular formula is C14H20F3NO. The second-order valence-corrected chi connectivity index (χ2v) is 5.63. The van der Waals surface area contributed by atoms with Gasteiger partial charge in [-0.05, 0) is 24.0 Å². The van der Waals surface area contributed by atoms with Gasteiger partial charge in [0.05, 0.1) is 0 Å². The van der Waals surface area contributed by atoms with Gasteiger partial charge in [0.1, 0.15) is 5.75 Å². The van der Waals surface area contributed by atoms with Gasteiger partial charge in [-0.2, -0.15) is 13.2 Å². The first-order valence-electron chi connectivity index (χ1n) is 6.10. The molecule has 2 nitrogen and oxygen atoms in total. The van der Waals surface area contributed by atoms with E-state index in [2.05, 4.69) is 0 Å². The Bertz CT molecular complexity index is 435. The van der Waals surface area contributed by atoms with Crippen LogP contribution in [0.3, 0.4) is 0 Å². The molecule has 0 aliphatic carbocycles. The van der Waals surface area contributed by atoms with E-state index in [9.17, 15) is 13.2 Å². The number of hydrogen-bond donors (Lipinski definition) is 1. The Balaban J connectivity index is 3.14. The first kappa shape index (κ1) is 15.8. The van der Waals surface area contributed by atoms with Crippen LogP contribution in [0.25, 0.3) is 0 Å². The van der Waals surface area contributed by atoms with Crippen LogP contribution >= 0.6 is 0 Å². The van der Waals surface area contributed by atoms with Gasteiger partial charge in [0.2, 0.25) is 6.10 Å². The minimum Gasteiger partial charge on any atom is -0.479 e. The molecule has 0 aliphatic heterocycles. The predicted molar refractivity (Wildman–Crippen MR) is 69.4 cm³/mol. The van der Waals surface area contributed by atoms with Crippen molar-refractivity contribution in [1.29, 1.82) is 0 Å².